The molecular weight excluding hydrogens is 314 g/mol. The second-order valence-corrected chi connectivity index (χ2v) is 6.24. The second kappa shape index (κ2) is 5.13. The molecule has 0 aliphatic heterocycles. The van der Waals surface area contributed by atoms with E-state index in [1.807, 2.05) is 0 Å². The first-order valence-corrected chi connectivity index (χ1v) is 7.81. The van der Waals surface area contributed by atoms with Gasteiger partial charge in [-0.15, -0.1) is 0 Å². The lowest BCUT2D eigenvalue weighted by Gasteiger charge is -2.27. The van der Waals surface area contributed by atoms with E-state index in [9.17, 15) is 18.8 Å². The van der Waals surface area contributed by atoms with Crippen LogP contribution in [0.2, 0.25) is 0 Å². The molecule has 0 bridgehead atoms. The number of hydrogen-bond acceptors (Lipinski definition) is 3. The highest BCUT2D eigenvalue weighted by Crippen LogP contribution is 2.41. The standard InChI is InChI=1S/C17H14F2N4O/c18-17(19)7-5-10(6-8-17)14-12(9-20)15-21-13-4-2-1-3-11(13)16(24)23(15)22-14/h1-4,10,22H,5-8H2. The number of H-pyrrole nitrogens is 1. The molecule has 3 aromatic rings. The molecule has 4 rings (SSSR count). The lowest BCUT2D eigenvalue weighted by Crippen LogP contribution is -2.24. The Morgan fingerprint density at radius 1 is 1.29 bits per heavy atom. The third-order valence-corrected chi connectivity index (χ3v) is 4.74. The zero-order valence-corrected chi connectivity index (χ0v) is 12.7. The van der Waals surface area contributed by atoms with E-state index in [1.165, 1.54) is 4.52 Å². The number of hydrogen-bond donors (Lipinski definition) is 1. The van der Waals surface area contributed by atoms with Crippen LogP contribution in [0.25, 0.3) is 16.6 Å². The lowest BCUT2D eigenvalue weighted by molar-refractivity contribution is -0.0385. The first kappa shape index (κ1) is 14.8. The number of nitrogens with zero attached hydrogens (tertiary/aromatic N) is 3. The van der Waals surface area contributed by atoms with Crippen molar-refractivity contribution in [2.75, 3.05) is 0 Å². The Hall–Kier alpha value is -2.75. The summed E-state index contributed by atoms with van der Waals surface area (Å²) in [6.45, 7) is 0. The molecule has 0 unspecified atom stereocenters. The summed E-state index contributed by atoms with van der Waals surface area (Å²) in [5.41, 5.74) is 1.29. The number of para-hydroxylation sites is 1. The van der Waals surface area contributed by atoms with Gasteiger partial charge in [0.1, 0.15) is 11.6 Å². The predicted molar refractivity (Wildman–Crippen MR) is 84.2 cm³/mol. The summed E-state index contributed by atoms with van der Waals surface area (Å²) < 4.78 is 28.0. The summed E-state index contributed by atoms with van der Waals surface area (Å²) in [5, 5.41) is 12.9. The minimum atomic E-state index is -2.64. The van der Waals surface area contributed by atoms with Crippen LogP contribution in [0.5, 0.6) is 0 Å². The average molecular weight is 328 g/mol. The normalized spacial score (nSPS) is 18.0. The Balaban J connectivity index is 1.91. The summed E-state index contributed by atoms with van der Waals surface area (Å²) in [6.07, 6.45) is 0.149. The molecular formula is C17H14F2N4O. The van der Waals surface area contributed by atoms with Crippen LogP contribution >= 0.6 is 0 Å². The summed E-state index contributed by atoms with van der Waals surface area (Å²) in [6, 6.07) is 8.99. The highest BCUT2D eigenvalue weighted by atomic mass is 19.3. The fourth-order valence-electron chi connectivity index (χ4n) is 3.44. The second-order valence-electron chi connectivity index (χ2n) is 6.24. The van der Waals surface area contributed by atoms with Crippen LogP contribution in [-0.4, -0.2) is 20.5 Å². The molecule has 0 atom stereocenters. The van der Waals surface area contributed by atoms with Crippen LogP contribution in [0.4, 0.5) is 8.78 Å². The minimum absolute atomic E-state index is 0.191. The molecule has 2 aromatic heterocycles. The van der Waals surface area contributed by atoms with Crippen LogP contribution in [0.1, 0.15) is 42.9 Å². The zero-order chi connectivity index (χ0) is 16.9. The first-order chi connectivity index (χ1) is 11.5. The number of nitriles is 1. The summed E-state index contributed by atoms with van der Waals surface area (Å²) >= 11 is 0. The van der Waals surface area contributed by atoms with Crippen molar-refractivity contribution in [1.29, 1.82) is 5.26 Å². The number of aromatic nitrogens is 3. The molecule has 1 aliphatic rings. The van der Waals surface area contributed by atoms with Crippen LogP contribution in [0.15, 0.2) is 29.1 Å². The van der Waals surface area contributed by atoms with Gasteiger partial charge in [-0.25, -0.2) is 13.8 Å². The molecule has 0 radical (unpaired) electrons. The van der Waals surface area contributed by atoms with Gasteiger partial charge in [-0.05, 0) is 25.0 Å². The van der Waals surface area contributed by atoms with E-state index in [1.54, 1.807) is 24.3 Å². The Labute approximate surface area is 135 Å². The average Bonchev–Trinajstić information content (AvgIpc) is 2.94. The van der Waals surface area contributed by atoms with Gasteiger partial charge in [0.15, 0.2) is 5.65 Å². The van der Waals surface area contributed by atoms with Crippen molar-refractivity contribution in [3.05, 3.63) is 45.9 Å². The fourth-order valence-corrected chi connectivity index (χ4v) is 3.44. The van der Waals surface area contributed by atoms with Crippen molar-refractivity contribution in [3.8, 4) is 6.07 Å². The maximum absolute atomic E-state index is 13.4. The molecule has 1 aliphatic carbocycles. The van der Waals surface area contributed by atoms with Crippen molar-refractivity contribution in [3.63, 3.8) is 0 Å². The van der Waals surface area contributed by atoms with Gasteiger partial charge in [0.25, 0.3) is 5.56 Å². The quantitative estimate of drug-likeness (QED) is 0.744. The third kappa shape index (κ3) is 2.18. The number of fused-ring (bicyclic) bond motifs is 2. The van der Waals surface area contributed by atoms with Gasteiger partial charge in [-0.2, -0.15) is 9.78 Å². The van der Waals surface area contributed by atoms with E-state index < -0.39 is 5.92 Å². The van der Waals surface area contributed by atoms with E-state index in [4.69, 9.17) is 0 Å². The number of nitrogens with one attached hydrogen (secondary N) is 1. The highest BCUT2D eigenvalue weighted by Gasteiger charge is 2.37. The van der Waals surface area contributed by atoms with Gasteiger partial charge in [0.2, 0.25) is 5.92 Å². The predicted octanol–water partition coefficient (Wildman–Crippen LogP) is 3.34. The lowest BCUT2D eigenvalue weighted by atomic mass is 9.83. The van der Waals surface area contributed by atoms with Crippen LogP contribution < -0.4 is 5.56 Å². The van der Waals surface area contributed by atoms with Crippen LogP contribution in [0.3, 0.4) is 0 Å². The van der Waals surface area contributed by atoms with Crippen molar-refractivity contribution < 1.29 is 8.78 Å². The molecule has 1 N–H and O–H groups in total. The Kier molecular flexibility index (Phi) is 3.17. The van der Waals surface area contributed by atoms with Crippen LogP contribution in [-0.2, 0) is 0 Å². The van der Waals surface area contributed by atoms with E-state index in [-0.39, 0.29) is 48.4 Å². The van der Waals surface area contributed by atoms with Crippen LogP contribution in [0, 0.1) is 11.3 Å². The van der Waals surface area contributed by atoms with E-state index in [2.05, 4.69) is 16.2 Å². The molecule has 0 saturated heterocycles. The van der Waals surface area contributed by atoms with E-state index in [0.29, 0.717) is 16.6 Å². The Bertz CT molecular complexity index is 1030. The van der Waals surface area contributed by atoms with Gasteiger partial charge in [-0.3, -0.25) is 9.89 Å². The van der Waals surface area contributed by atoms with E-state index in [0.717, 1.165) is 0 Å². The molecule has 7 heteroatoms. The topological polar surface area (TPSA) is 73.9 Å². The van der Waals surface area contributed by atoms with Gasteiger partial charge in [-0.1, -0.05) is 12.1 Å². The number of benzene rings is 1. The number of alkyl halides is 2. The minimum Gasteiger partial charge on any atom is -0.292 e. The van der Waals surface area contributed by atoms with Crippen molar-refractivity contribution in [2.24, 2.45) is 0 Å². The molecule has 1 fully saturated rings. The molecule has 1 saturated carbocycles. The Morgan fingerprint density at radius 2 is 2.00 bits per heavy atom. The first-order valence-electron chi connectivity index (χ1n) is 7.81. The molecule has 5 nitrogen and oxygen atoms in total. The van der Waals surface area contributed by atoms with Crippen molar-refractivity contribution in [1.82, 2.24) is 14.6 Å². The van der Waals surface area contributed by atoms with Gasteiger partial charge in [0.05, 0.1) is 16.6 Å². The molecule has 0 amide bonds. The number of rotatable bonds is 1. The van der Waals surface area contributed by atoms with Crippen molar-refractivity contribution >= 4 is 16.6 Å². The number of aromatic amines is 1. The highest BCUT2D eigenvalue weighted by molar-refractivity contribution is 5.80. The molecule has 1 aromatic carbocycles. The molecule has 0 spiro atoms. The fraction of sp³-hybridized carbons (Fsp3) is 0.353. The number of halogens is 2. The maximum atomic E-state index is 13.4. The largest absolute Gasteiger partial charge is 0.292 e. The molecule has 24 heavy (non-hydrogen) atoms. The van der Waals surface area contributed by atoms with Crippen molar-refractivity contribution in [2.45, 2.75) is 37.5 Å². The molecule has 122 valence electrons. The summed E-state index contributed by atoms with van der Waals surface area (Å²) in [7, 11) is 0. The SMILES string of the molecule is N#Cc1c(C2CCC(F)(F)CC2)[nH]n2c(=O)c3ccccc3nc12. The third-order valence-electron chi connectivity index (χ3n) is 4.74. The van der Waals surface area contributed by atoms with Gasteiger partial charge in [0, 0.05) is 18.8 Å². The molecule has 2 heterocycles. The zero-order valence-electron chi connectivity index (χ0n) is 12.7. The summed E-state index contributed by atoms with van der Waals surface area (Å²) in [5.74, 6) is -2.83. The van der Waals surface area contributed by atoms with Gasteiger partial charge >= 0.3 is 0 Å². The Morgan fingerprint density at radius 3 is 2.71 bits per heavy atom. The summed E-state index contributed by atoms with van der Waals surface area (Å²) in [4.78, 5) is 17.0. The van der Waals surface area contributed by atoms with Gasteiger partial charge < -0.3 is 0 Å². The smallest absolute Gasteiger partial charge is 0.280 e. The van der Waals surface area contributed by atoms with E-state index >= 15 is 0 Å². The maximum Gasteiger partial charge on any atom is 0.280 e. The monoisotopic (exact) mass is 328 g/mol.